The van der Waals surface area contributed by atoms with Gasteiger partial charge in [0, 0.05) is 51.0 Å². The number of anilines is 1. The van der Waals surface area contributed by atoms with Gasteiger partial charge in [-0.3, -0.25) is 9.69 Å². The van der Waals surface area contributed by atoms with Crippen molar-refractivity contribution < 1.29 is 9.18 Å². The summed E-state index contributed by atoms with van der Waals surface area (Å²) in [7, 11) is 0. The fourth-order valence-corrected chi connectivity index (χ4v) is 3.84. The Hall–Kier alpha value is -1.66. The molecule has 1 amide bonds. The van der Waals surface area contributed by atoms with Crippen LogP contribution in [0.3, 0.4) is 0 Å². The number of hydrogen-bond donors (Lipinski definition) is 1. The molecule has 1 aromatic rings. The van der Waals surface area contributed by atoms with Gasteiger partial charge in [0.2, 0.25) is 5.91 Å². The smallest absolute Gasteiger partial charge is 0.242 e. The highest BCUT2D eigenvalue weighted by molar-refractivity contribution is 5.85. The average Bonchev–Trinajstić information content (AvgIpc) is 2.61. The predicted octanol–water partition coefficient (Wildman–Crippen LogP) is 1.68. The van der Waals surface area contributed by atoms with Gasteiger partial charge in [-0.05, 0) is 51.0 Å². The molecule has 0 spiro atoms. The third-order valence-electron chi connectivity index (χ3n) is 5.26. The molecule has 6 heteroatoms. The molecule has 0 radical (unpaired) electrons. The van der Waals surface area contributed by atoms with E-state index in [1.54, 1.807) is 13.8 Å². The molecule has 0 saturated carbocycles. The standard InChI is InChI=1S/C19H29FN4O/c1-19(2,21)18(25)24-9-3-4-17(14-24)23-12-10-22(11-13-23)16-7-5-15(20)6-8-16/h5-8,17H,3-4,9-14,21H2,1-2H3/t17-/m1/s1. The van der Waals surface area contributed by atoms with Gasteiger partial charge >= 0.3 is 0 Å². The Balaban J connectivity index is 1.55. The monoisotopic (exact) mass is 348 g/mol. The number of carbonyl (C=O) groups excluding carboxylic acids is 1. The second-order valence-corrected chi connectivity index (χ2v) is 7.77. The van der Waals surface area contributed by atoms with Crippen LogP contribution in [0, 0.1) is 5.82 Å². The van der Waals surface area contributed by atoms with E-state index >= 15 is 0 Å². The molecule has 2 aliphatic heterocycles. The number of nitrogens with zero attached hydrogens (tertiary/aromatic N) is 3. The molecule has 2 saturated heterocycles. The van der Waals surface area contributed by atoms with Gasteiger partial charge in [0.25, 0.3) is 0 Å². The van der Waals surface area contributed by atoms with Gasteiger partial charge in [-0.25, -0.2) is 4.39 Å². The quantitative estimate of drug-likeness (QED) is 0.903. The molecule has 2 heterocycles. The molecule has 0 aromatic heterocycles. The number of carbonyl (C=O) groups is 1. The molecule has 1 aromatic carbocycles. The molecule has 2 N–H and O–H groups in total. The lowest BCUT2D eigenvalue weighted by Gasteiger charge is -2.44. The van der Waals surface area contributed by atoms with Crippen molar-refractivity contribution in [1.82, 2.24) is 9.80 Å². The first-order chi connectivity index (χ1) is 11.8. The topological polar surface area (TPSA) is 52.8 Å². The van der Waals surface area contributed by atoms with Gasteiger partial charge in [0.05, 0.1) is 5.54 Å². The molecule has 3 rings (SSSR count). The summed E-state index contributed by atoms with van der Waals surface area (Å²) in [5.74, 6) is -0.153. The summed E-state index contributed by atoms with van der Waals surface area (Å²) in [5, 5.41) is 0. The molecule has 25 heavy (non-hydrogen) atoms. The molecule has 5 nitrogen and oxygen atoms in total. The summed E-state index contributed by atoms with van der Waals surface area (Å²) in [6, 6.07) is 7.13. The Morgan fingerprint density at radius 1 is 1.12 bits per heavy atom. The fraction of sp³-hybridized carbons (Fsp3) is 0.632. The van der Waals surface area contributed by atoms with E-state index in [4.69, 9.17) is 5.73 Å². The number of likely N-dealkylation sites (tertiary alicyclic amines) is 1. The lowest BCUT2D eigenvalue weighted by atomic mass is 9.99. The summed E-state index contributed by atoms with van der Waals surface area (Å²) < 4.78 is 13.1. The second kappa shape index (κ2) is 7.30. The van der Waals surface area contributed by atoms with E-state index in [1.807, 2.05) is 17.0 Å². The zero-order valence-corrected chi connectivity index (χ0v) is 15.2. The number of hydrogen-bond acceptors (Lipinski definition) is 4. The van der Waals surface area contributed by atoms with Crippen LogP contribution < -0.4 is 10.6 Å². The minimum atomic E-state index is -0.802. The average molecular weight is 348 g/mol. The molecular weight excluding hydrogens is 319 g/mol. The van der Waals surface area contributed by atoms with Crippen LogP contribution in [0.5, 0.6) is 0 Å². The molecule has 0 unspecified atom stereocenters. The maximum Gasteiger partial charge on any atom is 0.242 e. The van der Waals surface area contributed by atoms with Gasteiger partial charge in [0.1, 0.15) is 5.82 Å². The normalized spacial score (nSPS) is 23.0. The number of rotatable bonds is 3. The van der Waals surface area contributed by atoms with Crippen LogP contribution in [0.4, 0.5) is 10.1 Å². The van der Waals surface area contributed by atoms with Crippen LogP contribution in [0.15, 0.2) is 24.3 Å². The van der Waals surface area contributed by atoms with Crippen molar-refractivity contribution in [2.75, 3.05) is 44.2 Å². The van der Waals surface area contributed by atoms with Crippen molar-refractivity contribution in [3.05, 3.63) is 30.1 Å². The van der Waals surface area contributed by atoms with Crippen LogP contribution in [0.25, 0.3) is 0 Å². The summed E-state index contributed by atoms with van der Waals surface area (Å²) in [4.78, 5) is 19.2. The van der Waals surface area contributed by atoms with Crippen LogP contribution in [-0.4, -0.2) is 66.6 Å². The van der Waals surface area contributed by atoms with E-state index in [1.165, 1.54) is 12.1 Å². The molecule has 2 aliphatic rings. The van der Waals surface area contributed by atoms with E-state index in [0.29, 0.717) is 6.04 Å². The minimum Gasteiger partial charge on any atom is -0.369 e. The first-order valence-corrected chi connectivity index (χ1v) is 9.17. The van der Waals surface area contributed by atoms with Crippen molar-refractivity contribution in [2.45, 2.75) is 38.3 Å². The van der Waals surface area contributed by atoms with Crippen molar-refractivity contribution in [3.8, 4) is 0 Å². The van der Waals surface area contributed by atoms with Gasteiger partial charge < -0.3 is 15.5 Å². The van der Waals surface area contributed by atoms with Gasteiger partial charge in [-0.2, -0.15) is 0 Å². The Bertz CT molecular complexity index is 590. The summed E-state index contributed by atoms with van der Waals surface area (Å²) in [6.07, 6.45) is 2.16. The molecule has 0 bridgehead atoms. The third-order valence-corrected chi connectivity index (χ3v) is 5.26. The van der Waals surface area contributed by atoms with Crippen molar-refractivity contribution in [3.63, 3.8) is 0 Å². The third kappa shape index (κ3) is 4.30. The van der Waals surface area contributed by atoms with Crippen LogP contribution in [-0.2, 0) is 4.79 Å². The summed E-state index contributed by atoms with van der Waals surface area (Å²) in [5.41, 5.74) is 6.26. The number of amides is 1. The Morgan fingerprint density at radius 3 is 2.36 bits per heavy atom. The molecular formula is C19H29FN4O. The summed E-state index contributed by atoms with van der Waals surface area (Å²) in [6.45, 7) is 8.94. The van der Waals surface area contributed by atoms with Crippen LogP contribution in [0.1, 0.15) is 26.7 Å². The first kappa shape index (κ1) is 18.1. The Labute approximate surface area is 149 Å². The van der Waals surface area contributed by atoms with Crippen LogP contribution >= 0.6 is 0 Å². The molecule has 138 valence electrons. The lowest BCUT2D eigenvalue weighted by Crippen LogP contribution is -2.59. The first-order valence-electron chi connectivity index (χ1n) is 9.17. The molecule has 0 aliphatic carbocycles. The maximum atomic E-state index is 13.1. The summed E-state index contributed by atoms with van der Waals surface area (Å²) >= 11 is 0. The molecule has 2 fully saturated rings. The van der Waals surface area contributed by atoms with Crippen molar-refractivity contribution in [2.24, 2.45) is 5.73 Å². The Morgan fingerprint density at radius 2 is 1.76 bits per heavy atom. The van der Waals surface area contributed by atoms with Gasteiger partial charge in [-0.1, -0.05) is 0 Å². The highest BCUT2D eigenvalue weighted by Crippen LogP contribution is 2.22. The number of halogens is 1. The highest BCUT2D eigenvalue weighted by Gasteiger charge is 2.34. The van der Waals surface area contributed by atoms with Crippen LogP contribution in [0.2, 0.25) is 0 Å². The van der Waals surface area contributed by atoms with E-state index in [0.717, 1.165) is 57.8 Å². The fourth-order valence-electron chi connectivity index (χ4n) is 3.84. The zero-order chi connectivity index (χ0) is 18.0. The number of nitrogens with two attached hydrogens (primary N) is 1. The predicted molar refractivity (Wildman–Crippen MR) is 98.1 cm³/mol. The van der Waals surface area contributed by atoms with Crippen molar-refractivity contribution >= 4 is 11.6 Å². The number of piperazine rings is 1. The van der Waals surface area contributed by atoms with Gasteiger partial charge in [0.15, 0.2) is 0 Å². The lowest BCUT2D eigenvalue weighted by molar-refractivity contribution is -0.138. The van der Waals surface area contributed by atoms with Gasteiger partial charge in [-0.15, -0.1) is 0 Å². The number of piperidine rings is 1. The van der Waals surface area contributed by atoms with E-state index in [9.17, 15) is 9.18 Å². The minimum absolute atomic E-state index is 0.0437. The molecule has 1 atom stereocenters. The largest absolute Gasteiger partial charge is 0.369 e. The maximum absolute atomic E-state index is 13.1. The SMILES string of the molecule is CC(C)(N)C(=O)N1CCC[C@@H](N2CCN(c3ccc(F)cc3)CC2)C1. The van der Waals surface area contributed by atoms with E-state index in [-0.39, 0.29) is 11.7 Å². The zero-order valence-electron chi connectivity index (χ0n) is 15.2. The highest BCUT2D eigenvalue weighted by atomic mass is 19.1. The second-order valence-electron chi connectivity index (χ2n) is 7.77. The van der Waals surface area contributed by atoms with E-state index < -0.39 is 5.54 Å². The Kier molecular flexibility index (Phi) is 5.29. The van der Waals surface area contributed by atoms with E-state index in [2.05, 4.69) is 9.80 Å². The van der Waals surface area contributed by atoms with Crippen molar-refractivity contribution in [1.29, 1.82) is 0 Å². The number of benzene rings is 1.